The Kier molecular flexibility index (Phi) is 5.53. The van der Waals surface area contributed by atoms with E-state index in [1.165, 1.54) is 11.1 Å². The number of amides is 2. The number of fused-ring (bicyclic) bond motifs is 1. The zero-order valence-electron chi connectivity index (χ0n) is 14.1. The molecule has 0 saturated carbocycles. The second-order valence-corrected chi connectivity index (χ2v) is 7.34. The number of anilines is 1. The SMILES string of the molecule is Cc1ccc(Br)cc1NC(=O)CNC(=O)CC1CCc2ccccc21. The lowest BCUT2D eigenvalue weighted by Gasteiger charge is -2.12. The van der Waals surface area contributed by atoms with E-state index in [4.69, 9.17) is 0 Å². The van der Waals surface area contributed by atoms with Gasteiger partial charge in [0.05, 0.1) is 6.54 Å². The van der Waals surface area contributed by atoms with Gasteiger partial charge in [-0.2, -0.15) is 0 Å². The number of benzene rings is 2. The summed E-state index contributed by atoms with van der Waals surface area (Å²) in [5, 5.41) is 5.56. The summed E-state index contributed by atoms with van der Waals surface area (Å²) < 4.78 is 0.900. The molecule has 0 bridgehead atoms. The molecule has 25 heavy (non-hydrogen) atoms. The molecular formula is C20H21BrN2O2. The lowest BCUT2D eigenvalue weighted by molar-refractivity contribution is -0.124. The molecule has 3 rings (SSSR count). The van der Waals surface area contributed by atoms with Crippen LogP contribution in [0.5, 0.6) is 0 Å². The van der Waals surface area contributed by atoms with Crippen LogP contribution in [0.3, 0.4) is 0 Å². The molecule has 0 aromatic heterocycles. The topological polar surface area (TPSA) is 58.2 Å². The highest BCUT2D eigenvalue weighted by molar-refractivity contribution is 9.10. The van der Waals surface area contributed by atoms with E-state index in [0.29, 0.717) is 6.42 Å². The van der Waals surface area contributed by atoms with Crippen molar-refractivity contribution >= 4 is 33.4 Å². The van der Waals surface area contributed by atoms with Crippen LogP contribution in [0.2, 0.25) is 0 Å². The predicted octanol–water partition coefficient (Wildman–Crippen LogP) is 3.93. The maximum absolute atomic E-state index is 12.2. The molecule has 130 valence electrons. The molecule has 2 amide bonds. The molecule has 1 unspecified atom stereocenters. The molecule has 2 aromatic carbocycles. The van der Waals surface area contributed by atoms with Gasteiger partial charge >= 0.3 is 0 Å². The minimum atomic E-state index is -0.221. The molecule has 5 heteroatoms. The summed E-state index contributed by atoms with van der Waals surface area (Å²) in [4.78, 5) is 24.3. The smallest absolute Gasteiger partial charge is 0.243 e. The molecule has 4 nitrogen and oxygen atoms in total. The quantitative estimate of drug-likeness (QED) is 0.798. The molecule has 2 aromatic rings. The maximum atomic E-state index is 12.2. The number of hydrogen-bond donors (Lipinski definition) is 2. The van der Waals surface area contributed by atoms with Gasteiger partial charge in [-0.1, -0.05) is 46.3 Å². The van der Waals surface area contributed by atoms with Gasteiger partial charge in [0.25, 0.3) is 0 Å². The van der Waals surface area contributed by atoms with E-state index >= 15 is 0 Å². The summed E-state index contributed by atoms with van der Waals surface area (Å²) in [5.41, 5.74) is 4.33. The predicted molar refractivity (Wildman–Crippen MR) is 103 cm³/mol. The molecule has 0 saturated heterocycles. The van der Waals surface area contributed by atoms with Crippen LogP contribution in [0.1, 0.15) is 35.4 Å². The van der Waals surface area contributed by atoms with Gasteiger partial charge < -0.3 is 10.6 Å². The van der Waals surface area contributed by atoms with E-state index < -0.39 is 0 Å². The summed E-state index contributed by atoms with van der Waals surface area (Å²) in [5.74, 6) is -0.0456. The average Bonchev–Trinajstić information content (AvgIpc) is 2.99. The normalized spacial score (nSPS) is 15.5. The van der Waals surface area contributed by atoms with Crippen molar-refractivity contribution in [3.8, 4) is 0 Å². The molecule has 2 N–H and O–H groups in total. The minimum Gasteiger partial charge on any atom is -0.347 e. The van der Waals surface area contributed by atoms with Crippen LogP contribution in [0.25, 0.3) is 0 Å². The van der Waals surface area contributed by atoms with E-state index in [0.717, 1.165) is 28.6 Å². The van der Waals surface area contributed by atoms with Crippen molar-refractivity contribution in [1.29, 1.82) is 0 Å². The van der Waals surface area contributed by atoms with Crippen molar-refractivity contribution in [3.05, 3.63) is 63.6 Å². The molecule has 0 spiro atoms. The summed E-state index contributed by atoms with van der Waals surface area (Å²) in [7, 11) is 0. The highest BCUT2D eigenvalue weighted by atomic mass is 79.9. The average molecular weight is 401 g/mol. The van der Waals surface area contributed by atoms with Gasteiger partial charge in [-0.3, -0.25) is 9.59 Å². The summed E-state index contributed by atoms with van der Waals surface area (Å²) >= 11 is 3.39. The second-order valence-electron chi connectivity index (χ2n) is 6.42. The zero-order chi connectivity index (χ0) is 17.8. The van der Waals surface area contributed by atoms with E-state index in [2.05, 4.69) is 38.7 Å². The molecule has 1 aliphatic rings. The Morgan fingerprint density at radius 3 is 2.80 bits per heavy atom. The third-order valence-electron chi connectivity index (χ3n) is 4.61. The van der Waals surface area contributed by atoms with Crippen molar-refractivity contribution in [1.82, 2.24) is 5.32 Å². The van der Waals surface area contributed by atoms with Crippen LogP contribution in [0.15, 0.2) is 46.9 Å². The van der Waals surface area contributed by atoms with E-state index in [1.807, 2.05) is 37.3 Å². The van der Waals surface area contributed by atoms with Crippen molar-refractivity contribution < 1.29 is 9.59 Å². The number of nitrogens with one attached hydrogen (secondary N) is 2. The maximum Gasteiger partial charge on any atom is 0.243 e. The first-order valence-electron chi connectivity index (χ1n) is 8.43. The Labute approximate surface area is 156 Å². The molecule has 1 atom stereocenters. The minimum absolute atomic E-state index is 0.0147. The first kappa shape index (κ1) is 17.7. The van der Waals surface area contributed by atoms with Gasteiger partial charge in [-0.05, 0) is 54.5 Å². The fourth-order valence-corrected chi connectivity index (χ4v) is 3.62. The Hall–Kier alpha value is -2.14. The monoisotopic (exact) mass is 400 g/mol. The largest absolute Gasteiger partial charge is 0.347 e. The van der Waals surface area contributed by atoms with Gasteiger partial charge in [0.1, 0.15) is 0 Å². The van der Waals surface area contributed by atoms with Crippen molar-refractivity contribution in [2.75, 3.05) is 11.9 Å². The number of hydrogen-bond acceptors (Lipinski definition) is 2. The lowest BCUT2D eigenvalue weighted by atomic mass is 9.97. The highest BCUT2D eigenvalue weighted by Crippen LogP contribution is 2.35. The van der Waals surface area contributed by atoms with Gasteiger partial charge in [0, 0.05) is 16.6 Å². The van der Waals surface area contributed by atoms with Crippen molar-refractivity contribution in [2.24, 2.45) is 0 Å². The summed E-state index contributed by atoms with van der Waals surface area (Å²) in [6.45, 7) is 1.91. The van der Waals surface area contributed by atoms with Crippen molar-refractivity contribution in [3.63, 3.8) is 0 Å². The van der Waals surface area contributed by atoms with Crippen LogP contribution in [-0.4, -0.2) is 18.4 Å². The van der Waals surface area contributed by atoms with E-state index in [9.17, 15) is 9.59 Å². The summed E-state index contributed by atoms with van der Waals surface area (Å²) in [6, 6.07) is 14.0. The molecule has 0 fully saturated rings. The molecule has 0 heterocycles. The molecule has 1 aliphatic carbocycles. The van der Waals surface area contributed by atoms with Crippen molar-refractivity contribution in [2.45, 2.75) is 32.1 Å². The number of rotatable bonds is 5. The Morgan fingerprint density at radius 2 is 1.96 bits per heavy atom. The zero-order valence-corrected chi connectivity index (χ0v) is 15.7. The second kappa shape index (κ2) is 7.83. The lowest BCUT2D eigenvalue weighted by Crippen LogP contribution is -2.33. The first-order chi connectivity index (χ1) is 12.0. The van der Waals surface area contributed by atoms with E-state index in [1.54, 1.807) is 0 Å². The first-order valence-corrected chi connectivity index (χ1v) is 9.22. The van der Waals surface area contributed by atoms with Crippen LogP contribution in [0, 0.1) is 6.92 Å². The van der Waals surface area contributed by atoms with Crippen LogP contribution in [-0.2, 0) is 16.0 Å². The fraction of sp³-hybridized carbons (Fsp3) is 0.300. The standard InChI is InChI=1S/C20H21BrN2O2/c1-13-6-9-16(21)11-18(13)23-20(25)12-22-19(24)10-15-8-7-14-4-2-3-5-17(14)15/h2-6,9,11,15H,7-8,10,12H2,1H3,(H,22,24)(H,23,25). The van der Waals surface area contributed by atoms with E-state index in [-0.39, 0.29) is 24.3 Å². The Balaban J connectivity index is 1.49. The highest BCUT2D eigenvalue weighted by Gasteiger charge is 2.24. The Bertz CT molecular complexity index is 804. The van der Waals surface area contributed by atoms with Crippen LogP contribution in [0.4, 0.5) is 5.69 Å². The third-order valence-corrected chi connectivity index (χ3v) is 5.10. The van der Waals surface area contributed by atoms with Gasteiger partial charge in [0.15, 0.2) is 0 Å². The number of halogens is 1. The number of aryl methyl sites for hydroxylation is 2. The van der Waals surface area contributed by atoms with Gasteiger partial charge in [-0.15, -0.1) is 0 Å². The fourth-order valence-electron chi connectivity index (χ4n) is 3.26. The molecular weight excluding hydrogens is 380 g/mol. The van der Waals surface area contributed by atoms with Gasteiger partial charge in [0.2, 0.25) is 11.8 Å². The number of carbonyl (C=O) groups excluding carboxylic acids is 2. The summed E-state index contributed by atoms with van der Waals surface area (Å²) in [6.07, 6.45) is 2.45. The number of carbonyl (C=O) groups is 2. The van der Waals surface area contributed by atoms with Crippen LogP contribution < -0.4 is 10.6 Å². The Morgan fingerprint density at radius 1 is 1.16 bits per heavy atom. The van der Waals surface area contributed by atoms with Gasteiger partial charge in [-0.25, -0.2) is 0 Å². The third kappa shape index (κ3) is 4.48. The molecule has 0 aliphatic heterocycles. The van der Waals surface area contributed by atoms with Crippen LogP contribution >= 0.6 is 15.9 Å². The molecule has 0 radical (unpaired) electrons.